The Hall–Kier alpha value is -1.59. The van der Waals surface area contributed by atoms with Gasteiger partial charge in [0.1, 0.15) is 11.3 Å². The van der Waals surface area contributed by atoms with E-state index in [0.29, 0.717) is 11.0 Å². The summed E-state index contributed by atoms with van der Waals surface area (Å²) in [5.74, 6) is 1.37. The number of benzene rings is 1. The fourth-order valence-corrected chi connectivity index (χ4v) is 2.29. The monoisotopic (exact) mass is 351 g/mol. The predicted octanol–water partition coefficient (Wildman–Crippen LogP) is 4.81. The minimum Gasteiger partial charge on any atom is -0.459 e. The highest BCUT2D eigenvalue weighted by atomic mass is 79.9. The van der Waals surface area contributed by atoms with E-state index in [-0.39, 0.29) is 6.04 Å². The molecule has 3 aromatic rings. The normalized spacial score (nSPS) is 12.6. The van der Waals surface area contributed by atoms with Crippen LogP contribution in [0.4, 0.5) is 5.95 Å². The SMILES string of the molecule is CC(Nc1ncc(Br)cn1)c1cc2cc(Cl)ccc2o1. The van der Waals surface area contributed by atoms with E-state index < -0.39 is 0 Å². The quantitative estimate of drug-likeness (QED) is 0.735. The summed E-state index contributed by atoms with van der Waals surface area (Å²) in [6.45, 7) is 1.99. The predicted molar refractivity (Wildman–Crippen MR) is 83.0 cm³/mol. The standard InChI is InChI=1S/C14H11BrClN3O/c1-8(19-14-17-6-10(15)7-18-14)13-5-9-4-11(16)2-3-12(9)20-13/h2-8H,1H3,(H,17,18,19). The molecule has 0 aliphatic carbocycles. The molecule has 102 valence electrons. The fraction of sp³-hybridized carbons (Fsp3) is 0.143. The van der Waals surface area contributed by atoms with Gasteiger partial charge in [-0.2, -0.15) is 0 Å². The summed E-state index contributed by atoms with van der Waals surface area (Å²) in [6, 6.07) is 7.49. The molecule has 0 aliphatic rings. The second kappa shape index (κ2) is 5.42. The lowest BCUT2D eigenvalue weighted by Crippen LogP contribution is -2.08. The molecule has 0 saturated carbocycles. The Morgan fingerprint density at radius 2 is 2.00 bits per heavy atom. The number of nitrogens with one attached hydrogen (secondary N) is 1. The molecule has 20 heavy (non-hydrogen) atoms. The maximum atomic E-state index is 5.97. The lowest BCUT2D eigenvalue weighted by Gasteiger charge is -2.10. The summed E-state index contributed by atoms with van der Waals surface area (Å²) in [6.07, 6.45) is 3.39. The van der Waals surface area contributed by atoms with Crippen LogP contribution in [0.15, 0.2) is 45.5 Å². The molecule has 3 rings (SSSR count). The highest BCUT2D eigenvalue weighted by Gasteiger charge is 2.12. The van der Waals surface area contributed by atoms with Crippen molar-refractivity contribution in [2.75, 3.05) is 5.32 Å². The van der Waals surface area contributed by atoms with E-state index in [2.05, 4.69) is 31.2 Å². The van der Waals surface area contributed by atoms with E-state index in [1.165, 1.54) is 0 Å². The molecule has 1 N–H and O–H groups in total. The van der Waals surface area contributed by atoms with Crippen LogP contribution in [0.3, 0.4) is 0 Å². The van der Waals surface area contributed by atoms with Gasteiger partial charge in [-0.25, -0.2) is 9.97 Å². The molecule has 0 fully saturated rings. The van der Waals surface area contributed by atoms with E-state index in [4.69, 9.17) is 16.0 Å². The van der Waals surface area contributed by atoms with Crippen LogP contribution in [-0.4, -0.2) is 9.97 Å². The first kappa shape index (κ1) is 13.4. The van der Waals surface area contributed by atoms with Crippen molar-refractivity contribution in [2.24, 2.45) is 0 Å². The van der Waals surface area contributed by atoms with Crippen molar-refractivity contribution < 1.29 is 4.42 Å². The van der Waals surface area contributed by atoms with Crippen LogP contribution in [0, 0.1) is 0 Å². The summed E-state index contributed by atoms with van der Waals surface area (Å²) < 4.78 is 6.64. The van der Waals surface area contributed by atoms with Gasteiger partial charge in [-0.05, 0) is 47.1 Å². The molecule has 6 heteroatoms. The van der Waals surface area contributed by atoms with E-state index in [1.54, 1.807) is 12.4 Å². The van der Waals surface area contributed by atoms with Gasteiger partial charge >= 0.3 is 0 Å². The van der Waals surface area contributed by atoms with Crippen molar-refractivity contribution >= 4 is 44.4 Å². The Labute approximate surface area is 129 Å². The molecule has 0 spiro atoms. The average molecular weight is 353 g/mol. The van der Waals surface area contributed by atoms with Gasteiger partial charge in [-0.3, -0.25) is 0 Å². The number of furan rings is 1. The molecule has 1 unspecified atom stereocenters. The van der Waals surface area contributed by atoms with Gasteiger partial charge in [0.15, 0.2) is 0 Å². The topological polar surface area (TPSA) is 51.0 Å². The summed E-state index contributed by atoms with van der Waals surface area (Å²) in [7, 11) is 0. The maximum absolute atomic E-state index is 5.97. The first-order valence-electron chi connectivity index (χ1n) is 6.05. The van der Waals surface area contributed by atoms with E-state index >= 15 is 0 Å². The third-order valence-corrected chi connectivity index (χ3v) is 3.53. The van der Waals surface area contributed by atoms with Crippen LogP contribution in [0.5, 0.6) is 0 Å². The van der Waals surface area contributed by atoms with Gasteiger partial charge in [0.2, 0.25) is 5.95 Å². The van der Waals surface area contributed by atoms with Crippen LogP contribution in [0.25, 0.3) is 11.0 Å². The third-order valence-electron chi connectivity index (χ3n) is 2.89. The minimum atomic E-state index is -0.0395. The van der Waals surface area contributed by atoms with Crippen molar-refractivity contribution in [1.82, 2.24) is 9.97 Å². The van der Waals surface area contributed by atoms with Crippen LogP contribution < -0.4 is 5.32 Å². The number of aromatic nitrogens is 2. The average Bonchev–Trinajstić information content (AvgIpc) is 2.84. The Morgan fingerprint density at radius 1 is 1.25 bits per heavy atom. The lowest BCUT2D eigenvalue weighted by atomic mass is 10.2. The number of hydrogen-bond donors (Lipinski definition) is 1. The number of hydrogen-bond acceptors (Lipinski definition) is 4. The van der Waals surface area contributed by atoms with Crippen molar-refractivity contribution in [3.63, 3.8) is 0 Å². The number of fused-ring (bicyclic) bond motifs is 1. The second-order valence-corrected chi connectivity index (χ2v) is 5.77. The Balaban J connectivity index is 1.84. The third kappa shape index (κ3) is 2.78. The smallest absolute Gasteiger partial charge is 0.223 e. The number of anilines is 1. The zero-order valence-corrected chi connectivity index (χ0v) is 12.9. The van der Waals surface area contributed by atoms with Gasteiger partial charge in [-0.15, -0.1) is 0 Å². The van der Waals surface area contributed by atoms with E-state index in [1.807, 2.05) is 31.2 Å². The minimum absolute atomic E-state index is 0.0395. The molecule has 2 aromatic heterocycles. The molecule has 0 bridgehead atoms. The van der Waals surface area contributed by atoms with E-state index in [0.717, 1.165) is 21.2 Å². The summed E-state index contributed by atoms with van der Waals surface area (Å²) >= 11 is 9.27. The highest BCUT2D eigenvalue weighted by Crippen LogP contribution is 2.27. The van der Waals surface area contributed by atoms with E-state index in [9.17, 15) is 0 Å². The molecule has 2 heterocycles. The maximum Gasteiger partial charge on any atom is 0.223 e. The number of halogens is 2. The molecule has 1 atom stereocenters. The Bertz CT molecular complexity index is 742. The van der Waals surface area contributed by atoms with Crippen LogP contribution in [0.1, 0.15) is 18.7 Å². The Morgan fingerprint density at radius 3 is 2.75 bits per heavy atom. The van der Waals surface area contributed by atoms with Crippen LogP contribution in [0.2, 0.25) is 5.02 Å². The molecular formula is C14H11BrClN3O. The zero-order chi connectivity index (χ0) is 14.1. The summed E-state index contributed by atoms with van der Waals surface area (Å²) in [5.41, 5.74) is 0.815. The van der Waals surface area contributed by atoms with Gasteiger partial charge in [0, 0.05) is 22.8 Å². The highest BCUT2D eigenvalue weighted by molar-refractivity contribution is 9.10. The van der Waals surface area contributed by atoms with Crippen molar-refractivity contribution in [1.29, 1.82) is 0 Å². The number of rotatable bonds is 3. The molecule has 0 saturated heterocycles. The first-order valence-corrected chi connectivity index (χ1v) is 7.22. The number of nitrogens with zero attached hydrogens (tertiary/aromatic N) is 2. The first-order chi connectivity index (χ1) is 9.61. The molecule has 0 aliphatic heterocycles. The lowest BCUT2D eigenvalue weighted by molar-refractivity contribution is 0.525. The molecule has 0 amide bonds. The van der Waals surface area contributed by atoms with Crippen molar-refractivity contribution in [3.05, 3.63) is 51.9 Å². The Kier molecular flexibility index (Phi) is 3.63. The van der Waals surface area contributed by atoms with Crippen molar-refractivity contribution in [2.45, 2.75) is 13.0 Å². The molecular weight excluding hydrogens is 342 g/mol. The van der Waals surface area contributed by atoms with Crippen LogP contribution in [-0.2, 0) is 0 Å². The zero-order valence-electron chi connectivity index (χ0n) is 10.6. The molecule has 0 radical (unpaired) electrons. The van der Waals surface area contributed by atoms with Crippen LogP contribution >= 0.6 is 27.5 Å². The fourth-order valence-electron chi connectivity index (χ4n) is 1.90. The second-order valence-electron chi connectivity index (χ2n) is 4.42. The van der Waals surface area contributed by atoms with Gasteiger partial charge in [-0.1, -0.05) is 11.6 Å². The van der Waals surface area contributed by atoms with Gasteiger partial charge in [0.25, 0.3) is 0 Å². The summed E-state index contributed by atoms with van der Waals surface area (Å²) in [5, 5.41) is 4.87. The van der Waals surface area contributed by atoms with Gasteiger partial charge in [0.05, 0.1) is 10.5 Å². The summed E-state index contributed by atoms with van der Waals surface area (Å²) in [4.78, 5) is 8.36. The van der Waals surface area contributed by atoms with Crippen molar-refractivity contribution in [3.8, 4) is 0 Å². The van der Waals surface area contributed by atoms with Gasteiger partial charge < -0.3 is 9.73 Å². The molecule has 1 aromatic carbocycles. The molecule has 4 nitrogen and oxygen atoms in total. The largest absolute Gasteiger partial charge is 0.459 e.